The Morgan fingerprint density at radius 3 is 2.76 bits per heavy atom. The molecule has 7 nitrogen and oxygen atoms in total. The number of amides is 1. The van der Waals surface area contributed by atoms with Crippen molar-refractivity contribution in [1.29, 1.82) is 0 Å². The van der Waals surface area contributed by atoms with Crippen LogP contribution in [0.15, 0.2) is 36.7 Å². The third kappa shape index (κ3) is 4.89. The predicted molar refractivity (Wildman–Crippen MR) is 98.5 cm³/mol. The van der Waals surface area contributed by atoms with E-state index in [0.717, 1.165) is 17.5 Å². The third-order valence-electron chi connectivity index (χ3n) is 4.15. The minimum atomic E-state index is -4.38. The van der Waals surface area contributed by atoms with Gasteiger partial charge in [0.2, 0.25) is 0 Å². The molecule has 0 aliphatic heterocycles. The number of hydrogen-bond donors (Lipinski definition) is 1. The number of anilines is 1. The quantitative estimate of drug-likeness (QED) is 0.626. The molecule has 1 N–H and O–H groups in total. The number of nitrogens with zero attached hydrogens (tertiary/aromatic N) is 5. The zero-order valence-corrected chi connectivity index (χ0v) is 15.6. The van der Waals surface area contributed by atoms with Crippen LogP contribution in [-0.2, 0) is 6.54 Å². The summed E-state index contributed by atoms with van der Waals surface area (Å²) in [6.07, 6.45) is 0.0841. The van der Waals surface area contributed by atoms with Gasteiger partial charge in [0.25, 0.3) is 5.91 Å². The van der Waals surface area contributed by atoms with Gasteiger partial charge in [-0.15, -0.1) is 0 Å². The molecule has 0 radical (unpaired) electrons. The SMILES string of the molecule is O=C(Nc1cc(Cl)nc(C2CC2)n1)c1cccc(-c2cnn(CC(F)(F)F)c2)n1. The van der Waals surface area contributed by atoms with Crippen LogP contribution in [0, 0.1) is 0 Å². The van der Waals surface area contributed by atoms with Crippen LogP contribution in [0.4, 0.5) is 19.0 Å². The van der Waals surface area contributed by atoms with E-state index in [1.807, 2.05) is 0 Å². The Morgan fingerprint density at radius 2 is 2.03 bits per heavy atom. The summed E-state index contributed by atoms with van der Waals surface area (Å²) in [4.78, 5) is 25.2. The van der Waals surface area contributed by atoms with Gasteiger partial charge in [0.15, 0.2) is 0 Å². The summed E-state index contributed by atoms with van der Waals surface area (Å²) in [5.74, 6) is 0.596. The molecule has 0 bridgehead atoms. The van der Waals surface area contributed by atoms with Crippen LogP contribution in [0.3, 0.4) is 0 Å². The van der Waals surface area contributed by atoms with Gasteiger partial charge in [-0.3, -0.25) is 9.48 Å². The van der Waals surface area contributed by atoms with Gasteiger partial charge in [0, 0.05) is 23.7 Å². The summed E-state index contributed by atoms with van der Waals surface area (Å²) in [5, 5.41) is 6.55. The van der Waals surface area contributed by atoms with E-state index in [9.17, 15) is 18.0 Å². The van der Waals surface area contributed by atoms with Gasteiger partial charge >= 0.3 is 6.18 Å². The number of carbonyl (C=O) groups excluding carboxylic acids is 1. The van der Waals surface area contributed by atoms with Gasteiger partial charge in [-0.2, -0.15) is 18.3 Å². The lowest BCUT2D eigenvalue weighted by molar-refractivity contribution is -0.142. The highest BCUT2D eigenvalue weighted by Crippen LogP contribution is 2.38. The van der Waals surface area contributed by atoms with E-state index in [1.165, 1.54) is 24.5 Å². The van der Waals surface area contributed by atoms with Gasteiger partial charge in [-0.1, -0.05) is 17.7 Å². The molecule has 0 unspecified atom stereocenters. The van der Waals surface area contributed by atoms with Crippen molar-refractivity contribution < 1.29 is 18.0 Å². The molecular weight excluding hydrogens is 409 g/mol. The summed E-state index contributed by atoms with van der Waals surface area (Å²) in [6, 6.07) is 6.10. The molecule has 1 amide bonds. The summed E-state index contributed by atoms with van der Waals surface area (Å²) in [5.41, 5.74) is 0.768. The van der Waals surface area contributed by atoms with E-state index in [0.29, 0.717) is 17.1 Å². The Kier molecular flexibility index (Phi) is 4.95. The third-order valence-corrected chi connectivity index (χ3v) is 4.34. The first-order valence-corrected chi connectivity index (χ1v) is 9.07. The zero-order chi connectivity index (χ0) is 20.6. The summed E-state index contributed by atoms with van der Waals surface area (Å²) in [6.45, 7) is -1.20. The van der Waals surface area contributed by atoms with E-state index in [-0.39, 0.29) is 22.6 Å². The fraction of sp³-hybridized carbons (Fsp3) is 0.278. The maximum absolute atomic E-state index is 12.6. The molecular formula is C18H14ClF3N6O. The van der Waals surface area contributed by atoms with E-state index in [2.05, 4.69) is 25.4 Å². The molecule has 3 heterocycles. The van der Waals surface area contributed by atoms with Crippen molar-refractivity contribution >= 4 is 23.3 Å². The number of halogens is 4. The van der Waals surface area contributed by atoms with Gasteiger partial charge in [-0.25, -0.2) is 15.0 Å². The van der Waals surface area contributed by atoms with Crippen LogP contribution >= 0.6 is 11.6 Å². The summed E-state index contributed by atoms with van der Waals surface area (Å²) >= 11 is 6.00. The Labute approximate surface area is 168 Å². The van der Waals surface area contributed by atoms with E-state index in [1.54, 1.807) is 12.1 Å². The Morgan fingerprint density at radius 1 is 1.24 bits per heavy atom. The minimum Gasteiger partial charge on any atom is -0.305 e. The number of alkyl halides is 3. The van der Waals surface area contributed by atoms with Crippen LogP contribution in [0.25, 0.3) is 11.3 Å². The molecule has 1 aliphatic carbocycles. The number of rotatable bonds is 5. The standard InChI is InChI=1S/C18H14ClF3N6O/c19-14-6-15(26-16(25-14)10-4-5-10)27-17(29)13-3-1-2-12(24-13)11-7-23-28(8-11)9-18(20,21)22/h1-3,6-8,10H,4-5,9H2,(H,25,26,27,29). The van der Waals surface area contributed by atoms with Crippen molar-refractivity contribution in [3.8, 4) is 11.3 Å². The number of pyridine rings is 1. The molecule has 150 valence electrons. The maximum atomic E-state index is 12.6. The summed E-state index contributed by atoms with van der Waals surface area (Å²) in [7, 11) is 0. The molecule has 0 atom stereocenters. The first-order valence-electron chi connectivity index (χ1n) is 8.69. The molecule has 11 heteroatoms. The van der Waals surface area contributed by atoms with Crippen molar-refractivity contribution in [3.63, 3.8) is 0 Å². The molecule has 29 heavy (non-hydrogen) atoms. The Balaban J connectivity index is 1.52. The van der Waals surface area contributed by atoms with Gasteiger partial charge in [0.05, 0.1) is 11.9 Å². The Bertz CT molecular complexity index is 1060. The number of hydrogen-bond acceptors (Lipinski definition) is 5. The smallest absolute Gasteiger partial charge is 0.305 e. The topological polar surface area (TPSA) is 85.6 Å². The lowest BCUT2D eigenvalue weighted by Gasteiger charge is -2.07. The second-order valence-corrected chi connectivity index (χ2v) is 7.00. The lowest BCUT2D eigenvalue weighted by Crippen LogP contribution is -2.17. The van der Waals surface area contributed by atoms with E-state index >= 15 is 0 Å². The second-order valence-electron chi connectivity index (χ2n) is 6.61. The van der Waals surface area contributed by atoms with Gasteiger partial charge < -0.3 is 5.32 Å². The fourth-order valence-electron chi connectivity index (χ4n) is 2.69. The normalized spacial score (nSPS) is 14.1. The lowest BCUT2D eigenvalue weighted by atomic mass is 10.2. The summed E-state index contributed by atoms with van der Waals surface area (Å²) < 4.78 is 38.2. The van der Waals surface area contributed by atoms with Gasteiger partial charge in [-0.05, 0) is 25.0 Å². The highest BCUT2D eigenvalue weighted by Gasteiger charge is 2.29. The van der Waals surface area contributed by atoms with Gasteiger partial charge in [0.1, 0.15) is 29.0 Å². The molecule has 1 fully saturated rings. The number of carbonyl (C=O) groups is 1. The monoisotopic (exact) mass is 422 g/mol. The van der Waals surface area contributed by atoms with Crippen molar-refractivity contribution in [2.24, 2.45) is 0 Å². The molecule has 1 saturated carbocycles. The largest absolute Gasteiger partial charge is 0.408 e. The van der Waals surface area contributed by atoms with Crippen LogP contribution in [0.1, 0.15) is 35.1 Å². The highest BCUT2D eigenvalue weighted by molar-refractivity contribution is 6.29. The fourth-order valence-corrected chi connectivity index (χ4v) is 2.88. The van der Waals surface area contributed by atoms with E-state index in [4.69, 9.17) is 11.6 Å². The first-order chi connectivity index (χ1) is 13.8. The average Bonchev–Trinajstić information content (AvgIpc) is 3.40. The average molecular weight is 423 g/mol. The molecule has 4 rings (SSSR count). The van der Waals surface area contributed by atoms with E-state index < -0.39 is 18.6 Å². The second kappa shape index (κ2) is 7.43. The molecule has 3 aromatic heterocycles. The van der Waals surface area contributed by atoms with Crippen molar-refractivity contribution in [3.05, 3.63) is 53.3 Å². The van der Waals surface area contributed by atoms with Crippen LogP contribution in [0.2, 0.25) is 5.15 Å². The molecule has 1 aliphatic rings. The number of nitrogens with one attached hydrogen (secondary N) is 1. The highest BCUT2D eigenvalue weighted by atomic mass is 35.5. The van der Waals surface area contributed by atoms with Crippen LogP contribution in [-0.4, -0.2) is 36.8 Å². The van der Waals surface area contributed by atoms with Crippen molar-refractivity contribution in [1.82, 2.24) is 24.7 Å². The van der Waals surface area contributed by atoms with Crippen LogP contribution in [0.5, 0.6) is 0 Å². The molecule has 0 saturated heterocycles. The maximum Gasteiger partial charge on any atom is 0.408 e. The number of aromatic nitrogens is 5. The van der Waals surface area contributed by atoms with Crippen molar-refractivity contribution in [2.75, 3.05) is 5.32 Å². The predicted octanol–water partition coefficient (Wildman–Crippen LogP) is 4.08. The zero-order valence-electron chi connectivity index (χ0n) is 14.8. The minimum absolute atomic E-state index is 0.0776. The molecule has 0 aromatic carbocycles. The molecule has 3 aromatic rings. The first kappa shape index (κ1) is 19.3. The molecule has 0 spiro atoms. The Hall–Kier alpha value is -3.01. The van der Waals surface area contributed by atoms with Crippen LogP contribution < -0.4 is 5.32 Å². The van der Waals surface area contributed by atoms with Crippen molar-refractivity contribution in [2.45, 2.75) is 31.5 Å².